The average molecular weight is 275 g/mol. The zero-order valence-corrected chi connectivity index (χ0v) is 11.5. The summed E-state index contributed by atoms with van der Waals surface area (Å²) in [4.78, 5) is 4.04. The number of hydrazine groups is 1. The molecule has 3 rings (SSSR count). The second-order valence-electron chi connectivity index (χ2n) is 4.67. The smallest absolute Gasteiger partial charge is 0.147 e. The summed E-state index contributed by atoms with van der Waals surface area (Å²) < 4.78 is 4.27. The monoisotopic (exact) mass is 275 g/mol. The van der Waals surface area contributed by atoms with Crippen LogP contribution in [-0.2, 0) is 0 Å². The van der Waals surface area contributed by atoms with E-state index in [0.717, 1.165) is 29.2 Å². The lowest BCUT2D eigenvalue weighted by molar-refractivity contribution is 0.274. The molecule has 0 amide bonds. The van der Waals surface area contributed by atoms with Gasteiger partial charge in [-0.15, -0.1) is 0 Å². The van der Waals surface area contributed by atoms with E-state index >= 15 is 0 Å². The van der Waals surface area contributed by atoms with Gasteiger partial charge in [0.25, 0.3) is 0 Å². The zero-order valence-electron chi connectivity index (χ0n) is 10.7. The number of anilines is 2. The van der Waals surface area contributed by atoms with Crippen molar-refractivity contribution < 1.29 is 0 Å². The Morgan fingerprint density at radius 1 is 1.16 bits per heavy atom. The zero-order chi connectivity index (χ0) is 13.1. The quantitative estimate of drug-likeness (QED) is 0.901. The maximum Gasteiger partial charge on any atom is 0.147 e. The van der Waals surface area contributed by atoms with Crippen LogP contribution in [0.4, 0.5) is 10.8 Å². The largest absolute Gasteiger partial charge is 0.382 e. The van der Waals surface area contributed by atoms with Crippen LogP contribution in [0.1, 0.15) is 19.3 Å². The first-order valence-corrected chi connectivity index (χ1v) is 7.29. The van der Waals surface area contributed by atoms with E-state index in [1.165, 1.54) is 30.8 Å². The first-order chi connectivity index (χ1) is 9.34. The second-order valence-corrected chi connectivity index (χ2v) is 5.44. The number of nitrogens with two attached hydrogens (primary N) is 1. The lowest BCUT2D eigenvalue weighted by Crippen LogP contribution is -2.34. The van der Waals surface area contributed by atoms with E-state index in [0.29, 0.717) is 5.82 Å². The van der Waals surface area contributed by atoms with Gasteiger partial charge in [-0.25, -0.2) is 5.01 Å². The maximum atomic E-state index is 6.00. The topological polar surface area (TPSA) is 67.1 Å². The lowest BCUT2D eigenvalue weighted by Gasteiger charge is -2.27. The summed E-state index contributed by atoms with van der Waals surface area (Å²) in [5.41, 5.74) is 11.5. The van der Waals surface area contributed by atoms with Crippen molar-refractivity contribution in [2.24, 2.45) is 0 Å². The van der Waals surface area contributed by atoms with Gasteiger partial charge in [0.1, 0.15) is 10.8 Å². The van der Waals surface area contributed by atoms with Gasteiger partial charge in [0.15, 0.2) is 0 Å². The Morgan fingerprint density at radius 2 is 1.89 bits per heavy atom. The Labute approximate surface area is 116 Å². The molecule has 100 valence electrons. The SMILES string of the molecule is Nc1nsc(NN2CCCCC2)c1-c1ccncc1. The minimum absolute atomic E-state index is 0.579. The standard InChI is InChI=1S/C13H17N5S/c14-12-11(10-4-6-15-7-5-10)13(19-17-12)16-18-8-2-1-3-9-18/h4-7,16H,1-3,8-9H2,(H2,14,17). The number of nitrogen functional groups attached to an aromatic ring is 1. The van der Waals surface area contributed by atoms with Gasteiger partial charge in [0, 0.05) is 25.5 Å². The van der Waals surface area contributed by atoms with Gasteiger partial charge < -0.3 is 11.2 Å². The van der Waals surface area contributed by atoms with E-state index in [-0.39, 0.29) is 0 Å². The van der Waals surface area contributed by atoms with E-state index in [1.807, 2.05) is 12.1 Å². The van der Waals surface area contributed by atoms with E-state index < -0.39 is 0 Å². The van der Waals surface area contributed by atoms with Gasteiger partial charge >= 0.3 is 0 Å². The molecule has 1 aliphatic rings. The number of hydrogen-bond donors (Lipinski definition) is 2. The van der Waals surface area contributed by atoms with Gasteiger partial charge in [0.05, 0.1) is 5.56 Å². The highest BCUT2D eigenvalue weighted by molar-refractivity contribution is 7.11. The highest BCUT2D eigenvalue weighted by Gasteiger charge is 2.17. The Morgan fingerprint density at radius 3 is 2.63 bits per heavy atom. The van der Waals surface area contributed by atoms with E-state index in [2.05, 4.69) is 19.8 Å². The number of rotatable bonds is 3. The van der Waals surface area contributed by atoms with E-state index in [1.54, 1.807) is 12.4 Å². The van der Waals surface area contributed by atoms with Crippen molar-refractivity contribution in [2.45, 2.75) is 19.3 Å². The number of nitrogens with zero attached hydrogens (tertiary/aromatic N) is 3. The van der Waals surface area contributed by atoms with Crippen LogP contribution >= 0.6 is 11.5 Å². The van der Waals surface area contributed by atoms with Gasteiger partial charge in [0.2, 0.25) is 0 Å². The van der Waals surface area contributed by atoms with E-state index in [4.69, 9.17) is 5.73 Å². The fourth-order valence-corrected chi connectivity index (χ4v) is 3.09. The van der Waals surface area contributed by atoms with Crippen molar-refractivity contribution in [2.75, 3.05) is 24.2 Å². The normalized spacial score (nSPS) is 16.4. The second kappa shape index (κ2) is 5.54. The fraction of sp³-hybridized carbons (Fsp3) is 0.385. The summed E-state index contributed by atoms with van der Waals surface area (Å²) in [7, 11) is 0. The minimum Gasteiger partial charge on any atom is -0.382 e. The average Bonchev–Trinajstić information content (AvgIpc) is 2.82. The first-order valence-electron chi connectivity index (χ1n) is 6.52. The Kier molecular flexibility index (Phi) is 3.61. The molecular formula is C13H17N5S. The van der Waals surface area contributed by atoms with Gasteiger partial charge in [-0.3, -0.25) is 4.98 Å². The van der Waals surface area contributed by atoms with Crippen LogP contribution in [0.5, 0.6) is 0 Å². The molecule has 3 heterocycles. The molecule has 0 atom stereocenters. The summed E-state index contributed by atoms with van der Waals surface area (Å²) in [5.74, 6) is 0.579. The highest BCUT2D eigenvalue weighted by atomic mass is 32.1. The van der Waals surface area contributed by atoms with E-state index in [9.17, 15) is 0 Å². The summed E-state index contributed by atoms with van der Waals surface area (Å²) in [5, 5.41) is 3.27. The molecule has 3 N–H and O–H groups in total. The summed E-state index contributed by atoms with van der Waals surface area (Å²) in [6.45, 7) is 2.15. The lowest BCUT2D eigenvalue weighted by atomic mass is 10.1. The molecule has 0 aliphatic carbocycles. The fourth-order valence-electron chi connectivity index (χ4n) is 2.33. The van der Waals surface area contributed by atoms with Gasteiger partial charge in [-0.05, 0) is 42.1 Å². The van der Waals surface area contributed by atoms with Crippen LogP contribution in [0, 0.1) is 0 Å². The number of pyridine rings is 1. The molecule has 6 heteroatoms. The van der Waals surface area contributed by atoms with Crippen molar-refractivity contribution in [3.05, 3.63) is 24.5 Å². The molecule has 0 saturated carbocycles. The third-order valence-electron chi connectivity index (χ3n) is 3.30. The van der Waals surface area contributed by atoms with Gasteiger partial charge in [-0.1, -0.05) is 6.42 Å². The Hall–Kier alpha value is -1.66. The summed E-state index contributed by atoms with van der Waals surface area (Å²) >= 11 is 1.42. The van der Waals surface area contributed by atoms with Crippen molar-refractivity contribution in [1.82, 2.24) is 14.4 Å². The number of aromatic nitrogens is 2. The number of hydrogen-bond acceptors (Lipinski definition) is 6. The molecule has 0 bridgehead atoms. The van der Waals surface area contributed by atoms with Crippen LogP contribution in [0.25, 0.3) is 11.1 Å². The van der Waals surface area contributed by atoms with Crippen LogP contribution < -0.4 is 11.2 Å². The van der Waals surface area contributed by atoms with Crippen LogP contribution in [0.2, 0.25) is 0 Å². The third kappa shape index (κ3) is 2.69. The summed E-state index contributed by atoms with van der Waals surface area (Å²) in [6.07, 6.45) is 7.35. The van der Waals surface area contributed by atoms with Crippen molar-refractivity contribution in [3.63, 3.8) is 0 Å². The molecular weight excluding hydrogens is 258 g/mol. The molecule has 19 heavy (non-hydrogen) atoms. The van der Waals surface area contributed by atoms with Gasteiger partial charge in [-0.2, -0.15) is 4.37 Å². The highest BCUT2D eigenvalue weighted by Crippen LogP contribution is 2.36. The molecule has 0 unspecified atom stereocenters. The Bertz CT molecular complexity index is 533. The molecule has 2 aromatic heterocycles. The van der Waals surface area contributed by atoms with Crippen LogP contribution in [0.15, 0.2) is 24.5 Å². The third-order valence-corrected chi connectivity index (χ3v) is 4.07. The predicted octanol–water partition coefficient (Wildman–Crippen LogP) is 2.60. The number of nitrogens with one attached hydrogen (secondary N) is 1. The molecule has 0 radical (unpaired) electrons. The molecule has 1 aliphatic heterocycles. The van der Waals surface area contributed by atoms with Crippen LogP contribution in [-0.4, -0.2) is 27.5 Å². The summed E-state index contributed by atoms with van der Waals surface area (Å²) in [6, 6.07) is 3.92. The first kappa shape index (κ1) is 12.4. The molecule has 0 spiro atoms. The molecule has 5 nitrogen and oxygen atoms in total. The molecule has 1 fully saturated rings. The molecule has 1 saturated heterocycles. The maximum absolute atomic E-state index is 6.00. The molecule has 0 aromatic carbocycles. The predicted molar refractivity (Wildman–Crippen MR) is 78.8 cm³/mol. The minimum atomic E-state index is 0.579. The molecule has 2 aromatic rings. The number of piperidine rings is 1. The van der Waals surface area contributed by atoms with Crippen LogP contribution in [0.3, 0.4) is 0 Å². The van der Waals surface area contributed by atoms with Crippen molar-refractivity contribution >= 4 is 22.4 Å². The van der Waals surface area contributed by atoms with Crippen molar-refractivity contribution in [3.8, 4) is 11.1 Å². The van der Waals surface area contributed by atoms with Crippen molar-refractivity contribution in [1.29, 1.82) is 0 Å². The Balaban J connectivity index is 1.86.